The van der Waals surface area contributed by atoms with Crippen LogP contribution in [0.1, 0.15) is 0 Å². The Labute approximate surface area is 112 Å². The minimum absolute atomic E-state index is 0.245. The average Bonchev–Trinajstić information content (AvgIpc) is 2.28. The minimum atomic E-state index is -4.16. The third kappa shape index (κ3) is 3.32. The van der Waals surface area contributed by atoms with Gasteiger partial charge in [0, 0.05) is 13.3 Å². The number of halogens is 1. The summed E-state index contributed by atoms with van der Waals surface area (Å²) < 4.78 is 61.1. The Morgan fingerprint density at radius 3 is 2.37 bits per heavy atom. The van der Waals surface area contributed by atoms with Gasteiger partial charge < -0.3 is 0 Å². The van der Waals surface area contributed by atoms with Crippen molar-refractivity contribution < 1.29 is 21.2 Å². The van der Waals surface area contributed by atoms with Crippen molar-refractivity contribution in [3.63, 3.8) is 0 Å². The van der Waals surface area contributed by atoms with Gasteiger partial charge >= 0.3 is 0 Å². The van der Waals surface area contributed by atoms with E-state index in [2.05, 4.69) is 5.92 Å². The third-order valence-electron chi connectivity index (χ3n) is 2.33. The van der Waals surface area contributed by atoms with Crippen molar-refractivity contribution in [1.82, 2.24) is 4.31 Å². The number of terminal acetylenes is 1. The fourth-order valence-electron chi connectivity index (χ4n) is 1.29. The van der Waals surface area contributed by atoms with Crippen molar-refractivity contribution >= 4 is 19.9 Å². The topological polar surface area (TPSA) is 71.5 Å². The van der Waals surface area contributed by atoms with Crippen LogP contribution in [-0.4, -0.2) is 41.0 Å². The maximum atomic E-state index is 13.6. The molecule has 0 unspecified atom stereocenters. The molecular formula is C11H12FNO4S2. The molecule has 1 rings (SSSR count). The number of nitrogens with zero attached hydrogens (tertiary/aromatic N) is 1. The Morgan fingerprint density at radius 2 is 1.89 bits per heavy atom. The lowest BCUT2D eigenvalue weighted by atomic mass is 10.3. The first-order valence-corrected chi connectivity index (χ1v) is 8.33. The first-order valence-electron chi connectivity index (χ1n) is 5.00. The monoisotopic (exact) mass is 305 g/mol. The van der Waals surface area contributed by atoms with Gasteiger partial charge in [-0.05, 0) is 18.2 Å². The van der Waals surface area contributed by atoms with E-state index in [1.54, 1.807) is 0 Å². The normalized spacial score (nSPS) is 12.4. The Hall–Kier alpha value is -1.43. The van der Waals surface area contributed by atoms with E-state index in [1.807, 2.05) is 0 Å². The molecule has 0 atom stereocenters. The molecule has 0 radical (unpaired) electrons. The van der Waals surface area contributed by atoms with Gasteiger partial charge in [0.2, 0.25) is 10.0 Å². The molecule has 8 heteroatoms. The summed E-state index contributed by atoms with van der Waals surface area (Å²) in [7, 11) is -6.61. The number of benzene rings is 1. The molecule has 0 heterocycles. The highest BCUT2D eigenvalue weighted by molar-refractivity contribution is 7.91. The standard InChI is InChI=1S/C11H12FNO4S2/c1-4-7-13(2)19(16,17)11-8-9(18(3,14)15)5-6-10(11)12/h1,5-6,8H,7H2,2-3H3. The summed E-state index contributed by atoms with van der Waals surface area (Å²) in [6.07, 6.45) is 5.90. The summed E-state index contributed by atoms with van der Waals surface area (Å²) in [4.78, 5) is -0.991. The molecule has 104 valence electrons. The van der Waals surface area contributed by atoms with Crippen molar-refractivity contribution in [1.29, 1.82) is 0 Å². The summed E-state index contributed by atoms with van der Waals surface area (Å²) in [6, 6.07) is 2.59. The molecule has 0 aliphatic rings. The average molecular weight is 305 g/mol. The number of rotatable bonds is 4. The Balaban J connectivity index is 3.48. The van der Waals surface area contributed by atoms with Gasteiger partial charge in [0.25, 0.3) is 0 Å². The molecular weight excluding hydrogens is 293 g/mol. The second-order valence-electron chi connectivity index (χ2n) is 3.83. The number of sulfonamides is 1. The highest BCUT2D eigenvalue weighted by Crippen LogP contribution is 2.22. The van der Waals surface area contributed by atoms with Gasteiger partial charge in [0.05, 0.1) is 11.4 Å². The van der Waals surface area contributed by atoms with Crippen molar-refractivity contribution in [2.45, 2.75) is 9.79 Å². The van der Waals surface area contributed by atoms with Crippen molar-refractivity contribution in [2.75, 3.05) is 19.8 Å². The molecule has 0 aliphatic carbocycles. The summed E-state index contributed by atoms with van der Waals surface area (Å²) in [5.41, 5.74) is 0. The van der Waals surface area contributed by atoms with Gasteiger partial charge in [-0.3, -0.25) is 0 Å². The molecule has 1 aromatic carbocycles. The van der Waals surface area contributed by atoms with E-state index in [0.29, 0.717) is 0 Å². The van der Waals surface area contributed by atoms with Crippen molar-refractivity contribution in [3.8, 4) is 12.3 Å². The van der Waals surface area contributed by atoms with E-state index in [-0.39, 0.29) is 11.4 Å². The molecule has 0 saturated carbocycles. The molecule has 0 fully saturated rings. The molecule has 0 spiro atoms. The van der Waals surface area contributed by atoms with E-state index in [9.17, 15) is 21.2 Å². The summed E-state index contributed by atoms with van der Waals surface area (Å²) in [6.45, 7) is -0.245. The van der Waals surface area contributed by atoms with E-state index >= 15 is 0 Å². The van der Waals surface area contributed by atoms with Crippen molar-refractivity contribution in [3.05, 3.63) is 24.0 Å². The van der Waals surface area contributed by atoms with Crippen LogP contribution < -0.4 is 0 Å². The Morgan fingerprint density at radius 1 is 1.32 bits per heavy atom. The zero-order chi connectivity index (χ0) is 14.8. The van der Waals surface area contributed by atoms with Gasteiger partial charge in [-0.2, -0.15) is 4.31 Å². The smallest absolute Gasteiger partial charge is 0.224 e. The second kappa shape index (κ2) is 5.28. The van der Waals surface area contributed by atoms with Crippen LogP contribution in [0.25, 0.3) is 0 Å². The third-order valence-corrected chi connectivity index (χ3v) is 5.26. The maximum absolute atomic E-state index is 13.6. The van der Waals surface area contributed by atoms with E-state index in [0.717, 1.165) is 28.8 Å². The highest BCUT2D eigenvalue weighted by Gasteiger charge is 2.25. The van der Waals surface area contributed by atoms with E-state index < -0.39 is 30.6 Å². The highest BCUT2D eigenvalue weighted by atomic mass is 32.2. The molecule has 0 aliphatic heterocycles. The SMILES string of the molecule is C#CCN(C)S(=O)(=O)c1cc(S(C)(=O)=O)ccc1F. The fraction of sp³-hybridized carbons (Fsp3) is 0.273. The van der Waals surface area contributed by atoms with Crippen LogP contribution in [0, 0.1) is 18.2 Å². The Kier molecular flexibility index (Phi) is 4.35. The summed E-state index contributed by atoms with van der Waals surface area (Å²) in [5.74, 6) is 1.08. The fourth-order valence-corrected chi connectivity index (χ4v) is 3.19. The van der Waals surface area contributed by atoms with Crippen LogP contribution >= 0.6 is 0 Å². The lowest BCUT2D eigenvalue weighted by Crippen LogP contribution is -2.28. The molecule has 0 amide bonds. The molecule has 0 N–H and O–H groups in total. The number of hydrogen-bond donors (Lipinski definition) is 0. The van der Waals surface area contributed by atoms with Crippen LogP contribution in [0.2, 0.25) is 0 Å². The molecule has 0 bridgehead atoms. The summed E-state index contributed by atoms with van der Waals surface area (Å²) >= 11 is 0. The van der Waals surface area contributed by atoms with Crippen LogP contribution in [0.3, 0.4) is 0 Å². The quantitative estimate of drug-likeness (QED) is 0.599. The minimum Gasteiger partial charge on any atom is -0.224 e. The number of sulfone groups is 1. The second-order valence-corrected chi connectivity index (χ2v) is 7.86. The predicted octanol–water partition coefficient (Wildman–Crippen LogP) is 0.483. The Bertz CT molecular complexity index is 732. The molecule has 0 saturated heterocycles. The summed E-state index contributed by atoms with van der Waals surface area (Å²) in [5, 5.41) is 0. The first kappa shape index (κ1) is 15.6. The maximum Gasteiger partial charge on any atom is 0.246 e. The van der Waals surface area contributed by atoms with Crippen LogP contribution in [0.5, 0.6) is 0 Å². The van der Waals surface area contributed by atoms with Gasteiger partial charge in [0.1, 0.15) is 10.7 Å². The van der Waals surface area contributed by atoms with Gasteiger partial charge in [-0.1, -0.05) is 5.92 Å². The molecule has 1 aromatic rings. The van der Waals surface area contributed by atoms with Crippen molar-refractivity contribution in [2.24, 2.45) is 0 Å². The number of hydrogen-bond acceptors (Lipinski definition) is 4. The zero-order valence-electron chi connectivity index (χ0n) is 10.3. The molecule has 0 aromatic heterocycles. The zero-order valence-corrected chi connectivity index (χ0v) is 11.9. The molecule has 5 nitrogen and oxygen atoms in total. The van der Waals surface area contributed by atoms with Gasteiger partial charge in [-0.25, -0.2) is 21.2 Å². The van der Waals surface area contributed by atoms with E-state index in [4.69, 9.17) is 6.42 Å². The predicted molar refractivity (Wildman–Crippen MR) is 68.2 cm³/mol. The van der Waals surface area contributed by atoms with Crippen LogP contribution in [0.15, 0.2) is 28.0 Å². The van der Waals surface area contributed by atoms with Crippen LogP contribution in [0.4, 0.5) is 4.39 Å². The lowest BCUT2D eigenvalue weighted by molar-refractivity contribution is 0.492. The largest absolute Gasteiger partial charge is 0.246 e. The van der Waals surface area contributed by atoms with E-state index in [1.165, 1.54) is 7.05 Å². The van der Waals surface area contributed by atoms with Gasteiger partial charge in [0.15, 0.2) is 9.84 Å². The first-order chi connectivity index (χ1) is 8.60. The lowest BCUT2D eigenvalue weighted by Gasteiger charge is -2.15. The van der Waals surface area contributed by atoms with Crippen LogP contribution in [-0.2, 0) is 19.9 Å². The molecule has 19 heavy (non-hydrogen) atoms. The van der Waals surface area contributed by atoms with Gasteiger partial charge in [-0.15, -0.1) is 6.42 Å².